The summed E-state index contributed by atoms with van der Waals surface area (Å²) in [4.78, 5) is 11.1. The molecule has 3 nitrogen and oxygen atoms in total. The molecule has 0 aliphatic rings. The number of carbonyl (C=O) groups excluding carboxylic acids is 1. The molecule has 2 rings (SSSR count). The van der Waals surface area contributed by atoms with E-state index < -0.39 is 0 Å². The van der Waals surface area contributed by atoms with E-state index >= 15 is 0 Å². The van der Waals surface area contributed by atoms with Gasteiger partial charge in [-0.25, -0.2) is 0 Å². The molecule has 2 aromatic rings. The minimum Gasteiger partial charge on any atom is -0.426 e. The SMILES string of the molecule is CC(=O)Oc1ccc(C#N)cc1-c1ccccc1. The minimum atomic E-state index is -0.378. The monoisotopic (exact) mass is 237 g/mol. The highest BCUT2D eigenvalue weighted by Crippen LogP contribution is 2.30. The van der Waals surface area contributed by atoms with Crippen LogP contribution in [-0.2, 0) is 4.79 Å². The molecular formula is C15H11NO2. The molecule has 0 unspecified atom stereocenters. The molecule has 0 bridgehead atoms. The van der Waals surface area contributed by atoms with Crippen molar-refractivity contribution in [1.82, 2.24) is 0 Å². The van der Waals surface area contributed by atoms with Gasteiger partial charge >= 0.3 is 5.97 Å². The zero-order chi connectivity index (χ0) is 13.0. The predicted molar refractivity (Wildman–Crippen MR) is 67.9 cm³/mol. The number of nitriles is 1. The van der Waals surface area contributed by atoms with Crippen LogP contribution >= 0.6 is 0 Å². The summed E-state index contributed by atoms with van der Waals surface area (Å²) in [5.41, 5.74) is 2.18. The van der Waals surface area contributed by atoms with Crippen LogP contribution in [0.15, 0.2) is 48.5 Å². The first-order valence-electron chi connectivity index (χ1n) is 5.48. The van der Waals surface area contributed by atoms with E-state index in [1.807, 2.05) is 30.3 Å². The standard InChI is InChI=1S/C15H11NO2/c1-11(17)18-15-8-7-12(10-16)9-14(15)13-5-3-2-4-6-13/h2-9H,1H3. The summed E-state index contributed by atoms with van der Waals surface area (Å²) >= 11 is 0. The minimum absolute atomic E-state index is 0.378. The summed E-state index contributed by atoms with van der Waals surface area (Å²) in [6.45, 7) is 1.35. The number of hydrogen-bond donors (Lipinski definition) is 0. The van der Waals surface area contributed by atoms with Gasteiger partial charge < -0.3 is 4.74 Å². The number of nitrogens with zero attached hydrogens (tertiary/aromatic N) is 1. The molecule has 0 saturated carbocycles. The first-order chi connectivity index (χ1) is 8.70. The second-order valence-corrected chi connectivity index (χ2v) is 3.78. The molecule has 0 aliphatic heterocycles. The van der Waals surface area contributed by atoms with Crippen LogP contribution in [-0.4, -0.2) is 5.97 Å². The molecule has 0 radical (unpaired) electrons. The van der Waals surface area contributed by atoms with E-state index in [1.165, 1.54) is 6.92 Å². The molecule has 0 aliphatic carbocycles. The second-order valence-electron chi connectivity index (χ2n) is 3.78. The van der Waals surface area contributed by atoms with Crippen LogP contribution in [0.2, 0.25) is 0 Å². The third-order valence-electron chi connectivity index (χ3n) is 2.45. The Morgan fingerprint density at radius 3 is 2.50 bits per heavy atom. The maximum atomic E-state index is 11.1. The number of carbonyl (C=O) groups is 1. The molecule has 0 N–H and O–H groups in total. The highest BCUT2D eigenvalue weighted by Gasteiger charge is 2.09. The summed E-state index contributed by atoms with van der Waals surface area (Å²) in [6.07, 6.45) is 0. The summed E-state index contributed by atoms with van der Waals surface area (Å²) < 4.78 is 5.15. The van der Waals surface area contributed by atoms with Gasteiger partial charge in [0, 0.05) is 12.5 Å². The summed E-state index contributed by atoms with van der Waals surface area (Å²) in [5.74, 6) is 0.0876. The molecule has 3 heteroatoms. The summed E-state index contributed by atoms with van der Waals surface area (Å²) in [6, 6.07) is 16.6. The van der Waals surface area contributed by atoms with E-state index in [1.54, 1.807) is 18.2 Å². The quantitative estimate of drug-likeness (QED) is 0.595. The van der Waals surface area contributed by atoms with Gasteiger partial charge in [0.1, 0.15) is 5.75 Å². The van der Waals surface area contributed by atoms with Gasteiger partial charge in [-0.3, -0.25) is 4.79 Å². The van der Waals surface area contributed by atoms with E-state index in [9.17, 15) is 4.79 Å². The molecule has 0 spiro atoms. The van der Waals surface area contributed by atoms with Crippen molar-refractivity contribution in [3.05, 3.63) is 54.1 Å². The number of esters is 1. The van der Waals surface area contributed by atoms with Crippen LogP contribution < -0.4 is 4.74 Å². The van der Waals surface area contributed by atoms with Crippen LogP contribution in [0.1, 0.15) is 12.5 Å². The van der Waals surface area contributed by atoms with Crippen molar-refractivity contribution in [3.8, 4) is 22.9 Å². The van der Waals surface area contributed by atoms with E-state index in [4.69, 9.17) is 10.00 Å². The molecule has 0 atom stereocenters. The van der Waals surface area contributed by atoms with Crippen LogP contribution in [0.5, 0.6) is 5.75 Å². The van der Waals surface area contributed by atoms with Crippen molar-refractivity contribution in [2.24, 2.45) is 0 Å². The van der Waals surface area contributed by atoms with E-state index in [0.29, 0.717) is 11.3 Å². The molecule has 0 amide bonds. The Labute approximate surface area is 105 Å². The number of ether oxygens (including phenoxy) is 1. The van der Waals surface area contributed by atoms with Gasteiger partial charge in [-0.05, 0) is 23.8 Å². The van der Waals surface area contributed by atoms with Gasteiger partial charge in [-0.2, -0.15) is 5.26 Å². The zero-order valence-electron chi connectivity index (χ0n) is 9.88. The Morgan fingerprint density at radius 1 is 1.17 bits per heavy atom. The molecule has 0 heterocycles. The lowest BCUT2D eigenvalue weighted by Crippen LogP contribution is -2.02. The molecule has 0 aromatic heterocycles. The Balaban J connectivity index is 2.55. The first-order valence-corrected chi connectivity index (χ1v) is 5.48. The average Bonchev–Trinajstić information content (AvgIpc) is 2.39. The molecule has 88 valence electrons. The fourth-order valence-electron chi connectivity index (χ4n) is 1.69. The van der Waals surface area contributed by atoms with Crippen LogP contribution in [0.3, 0.4) is 0 Å². The lowest BCUT2D eigenvalue weighted by atomic mass is 10.0. The highest BCUT2D eigenvalue weighted by molar-refractivity contribution is 5.77. The number of hydrogen-bond acceptors (Lipinski definition) is 3. The number of rotatable bonds is 2. The maximum absolute atomic E-state index is 11.1. The van der Waals surface area contributed by atoms with E-state index in [0.717, 1.165) is 11.1 Å². The summed E-state index contributed by atoms with van der Waals surface area (Å²) in [7, 11) is 0. The van der Waals surface area contributed by atoms with Crippen molar-refractivity contribution >= 4 is 5.97 Å². The van der Waals surface area contributed by atoms with Crippen LogP contribution in [0.25, 0.3) is 11.1 Å². The normalized spacial score (nSPS) is 9.56. The van der Waals surface area contributed by atoms with Crippen molar-refractivity contribution in [2.75, 3.05) is 0 Å². The van der Waals surface area contributed by atoms with Crippen LogP contribution in [0.4, 0.5) is 0 Å². The predicted octanol–water partition coefficient (Wildman–Crippen LogP) is 3.15. The second kappa shape index (κ2) is 5.15. The highest BCUT2D eigenvalue weighted by atomic mass is 16.5. The number of benzene rings is 2. The fourth-order valence-corrected chi connectivity index (χ4v) is 1.69. The van der Waals surface area contributed by atoms with Crippen molar-refractivity contribution in [3.63, 3.8) is 0 Å². The van der Waals surface area contributed by atoms with Crippen LogP contribution in [0, 0.1) is 11.3 Å². The zero-order valence-corrected chi connectivity index (χ0v) is 9.88. The van der Waals surface area contributed by atoms with Crippen molar-refractivity contribution < 1.29 is 9.53 Å². The molecule has 0 saturated heterocycles. The Hall–Kier alpha value is -2.60. The van der Waals surface area contributed by atoms with Gasteiger partial charge in [-0.1, -0.05) is 30.3 Å². The van der Waals surface area contributed by atoms with Gasteiger partial charge in [0.2, 0.25) is 0 Å². The topological polar surface area (TPSA) is 50.1 Å². The Bertz CT molecular complexity index is 612. The first kappa shape index (κ1) is 11.9. The maximum Gasteiger partial charge on any atom is 0.308 e. The Kier molecular flexibility index (Phi) is 3.40. The van der Waals surface area contributed by atoms with E-state index in [2.05, 4.69) is 6.07 Å². The third-order valence-corrected chi connectivity index (χ3v) is 2.45. The van der Waals surface area contributed by atoms with Gasteiger partial charge in [0.25, 0.3) is 0 Å². The third kappa shape index (κ3) is 2.55. The van der Waals surface area contributed by atoms with Gasteiger partial charge in [0.15, 0.2) is 0 Å². The molecule has 2 aromatic carbocycles. The van der Waals surface area contributed by atoms with Crippen molar-refractivity contribution in [2.45, 2.75) is 6.92 Å². The molecule has 18 heavy (non-hydrogen) atoms. The molecule has 0 fully saturated rings. The lowest BCUT2D eigenvalue weighted by Gasteiger charge is -2.09. The molecular weight excluding hydrogens is 226 g/mol. The lowest BCUT2D eigenvalue weighted by molar-refractivity contribution is -0.131. The fraction of sp³-hybridized carbons (Fsp3) is 0.0667. The smallest absolute Gasteiger partial charge is 0.308 e. The van der Waals surface area contributed by atoms with E-state index in [-0.39, 0.29) is 5.97 Å². The van der Waals surface area contributed by atoms with Gasteiger partial charge in [0.05, 0.1) is 11.6 Å². The Morgan fingerprint density at radius 2 is 1.89 bits per heavy atom. The van der Waals surface area contributed by atoms with Crippen molar-refractivity contribution in [1.29, 1.82) is 5.26 Å². The largest absolute Gasteiger partial charge is 0.426 e. The average molecular weight is 237 g/mol. The van der Waals surface area contributed by atoms with Gasteiger partial charge in [-0.15, -0.1) is 0 Å². The summed E-state index contributed by atoms with van der Waals surface area (Å²) in [5, 5.41) is 8.92.